The standard InChI is InChI=1S/C20H16ClN3O4S2/c21-14-5-3-13(4-6-14)9-11-23-30(27,28)17-8-7-15(29-17)12-24-19(25)16-2-1-10-22-18(16)20(24)26/h1-8,10,23H,9,11-12H2. The average molecular weight is 462 g/mol. The van der Waals surface area contributed by atoms with Crippen molar-refractivity contribution in [3.63, 3.8) is 0 Å². The molecule has 0 saturated heterocycles. The Balaban J connectivity index is 1.40. The highest BCUT2D eigenvalue weighted by molar-refractivity contribution is 7.91. The summed E-state index contributed by atoms with van der Waals surface area (Å²) < 4.78 is 27.8. The second-order valence-corrected chi connectivity index (χ2v) is 10.2. The fourth-order valence-electron chi connectivity index (χ4n) is 3.05. The number of imide groups is 1. The summed E-state index contributed by atoms with van der Waals surface area (Å²) in [4.78, 5) is 30.5. The Kier molecular flexibility index (Phi) is 5.70. The second-order valence-electron chi connectivity index (χ2n) is 6.59. The number of nitrogens with one attached hydrogen (secondary N) is 1. The van der Waals surface area contributed by atoms with Gasteiger partial charge in [-0.2, -0.15) is 0 Å². The zero-order valence-corrected chi connectivity index (χ0v) is 17.9. The Hall–Kier alpha value is -2.59. The lowest BCUT2D eigenvalue weighted by Crippen LogP contribution is -2.28. The molecule has 30 heavy (non-hydrogen) atoms. The Morgan fingerprint density at radius 2 is 1.80 bits per heavy atom. The predicted molar refractivity (Wildman–Crippen MR) is 113 cm³/mol. The van der Waals surface area contributed by atoms with E-state index in [0.29, 0.717) is 16.3 Å². The van der Waals surface area contributed by atoms with E-state index in [1.807, 2.05) is 12.1 Å². The van der Waals surface area contributed by atoms with Gasteiger partial charge in [0.15, 0.2) is 0 Å². The number of hydrogen-bond donors (Lipinski definition) is 1. The number of fused-ring (bicyclic) bond motifs is 1. The molecule has 2 aromatic heterocycles. The summed E-state index contributed by atoms with van der Waals surface area (Å²) in [5.41, 5.74) is 1.35. The summed E-state index contributed by atoms with van der Waals surface area (Å²) in [6, 6.07) is 13.4. The minimum absolute atomic E-state index is 0.00100. The van der Waals surface area contributed by atoms with Gasteiger partial charge in [0.1, 0.15) is 9.90 Å². The van der Waals surface area contributed by atoms with Crippen LogP contribution in [0.2, 0.25) is 5.02 Å². The first-order valence-electron chi connectivity index (χ1n) is 8.99. The van der Waals surface area contributed by atoms with Crippen LogP contribution in [-0.2, 0) is 23.0 Å². The van der Waals surface area contributed by atoms with E-state index in [-0.39, 0.29) is 28.6 Å². The molecule has 1 aromatic carbocycles. The van der Waals surface area contributed by atoms with Crippen molar-refractivity contribution >= 4 is 44.8 Å². The molecule has 0 fully saturated rings. The van der Waals surface area contributed by atoms with Crippen LogP contribution in [0.1, 0.15) is 31.3 Å². The largest absolute Gasteiger partial charge is 0.280 e. The Bertz CT molecular complexity index is 1190. The van der Waals surface area contributed by atoms with Gasteiger partial charge in [-0.25, -0.2) is 13.1 Å². The normalized spacial score (nSPS) is 13.7. The van der Waals surface area contributed by atoms with Gasteiger partial charge >= 0.3 is 0 Å². The summed E-state index contributed by atoms with van der Waals surface area (Å²) in [5, 5.41) is 0.624. The van der Waals surface area contributed by atoms with Crippen LogP contribution >= 0.6 is 22.9 Å². The fraction of sp³-hybridized carbons (Fsp3) is 0.150. The maximum absolute atomic E-state index is 12.6. The number of nitrogens with zero attached hydrogens (tertiary/aromatic N) is 2. The molecule has 0 atom stereocenters. The van der Waals surface area contributed by atoms with Gasteiger partial charge in [-0.05, 0) is 48.4 Å². The third-order valence-electron chi connectivity index (χ3n) is 4.57. The summed E-state index contributed by atoms with van der Waals surface area (Å²) in [5.74, 6) is -0.906. The molecule has 2 amide bonds. The number of amides is 2. The lowest BCUT2D eigenvalue weighted by atomic mass is 10.2. The Labute approximate surface area is 182 Å². The maximum atomic E-state index is 12.6. The van der Waals surface area contributed by atoms with E-state index in [1.165, 1.54) is 12.3 Å². The molecule has 0 saturated carbocycles. The summed E-state index contributed by atoms with van der Waals surface area (Å²) in [6.45, 7) is 0.236. The predicted octanol–water partition coefficient (Wildman–Crippen LogP) is 3.11. The van der Waals surface area contributed by atoms with Crippen LogP contribution in [0.15, 0.2) is 58.9 Å². The number of aromatic nitrogens is 1. The minimum Gasteiger partial charge on any atom is -0.268 e. The first kappa shape index (κ1) is 20.7. The number of pyridine rings is 1. The van der Waals surface area contributed by atoms with Crippen molar-refractivity contribution in [2.75, 3.05) is 6.54 Å². The average Bonchev–Trinajstić information content (AvgIpc) is 3.30. The van der Waals surface area contributed by atoms with Crippen molar-refractivity contribution in [2.24, 2.45) is 0 Å². The zero-order chi connectivity index (χ0) is 21.3. The topological polar surface area (TPSA) is 96.4 Å². The molecule has 0 unspecified atom stereocenters. The first-order chi connectivity index (χ1) is 14.3. The SMILES string of the molecule is O=C1c2cccnc2C(=O)N1Cc1ccc(S(=O)(=O)NCCc2ccc(Cl)cc2)s1. The van der Waals surface area contributed by atoms with Crippen LogP contribution in [0.25, 0.3) is 0 Å². The van der Waals surface area contributed by atoms with E-state index in [0.717, 1.165) is 21.8 Å². The van der Waals surface area contributed by atoms with Crippen molar-refractivity contribution in [1.82, 2.24) is 14.6 Å². The van der Waals surface area contributed by atoms with Crippen LogP contribution in [-0.4, -0.2) is 36.7 Å². The summed E-state index contributed by atoms with van der Waals surface area (Å²) in [6.07, 6.45) is 1.98. The number of carbonyl (C=O) groups excluding carboxylic acids is 2. The van der Waals surface area contributed by atoms with Crippen LogP contribution < -0.4 is 4.72 Å². The van der Waals surface area contributed by atoms with Gasteiger partial charge in [0.2, 0.25) is 10.0 Å². The smallest absolute Gasteiger partial charge is 0.268 e. The van der Waals surface area contributed by atoms with Crippen LogP contribution in [0, 0.1) is 0 Å². The van der Waals surface area contributed by atoms with Crippen molar-refractivity contribution < 1.29 is 18.0 Å². The third-order valence-corrected chi connectivity index (χ3v) is 7.84. The molecular weight excluding hydrogens is 446 g/mol. The molecule has 7 nitrogen and oxygen atoms in total. The van der Waals surface area contributed by atoms with Gasteiger partial charge in [0.05, 0.1) is 12.1 Å². The highest BCUT2D eigenvalue weighted by Gasteiger charge is 2.36. The van der Waals surface area contributed by atoms with Gasteiger partial charge in [0, 0.05) is 22.6 Å². The van der Waals surface area contributed by atoms with Gasteiger partial charge in [-0.1, -0.05) is 23.7 Å². The molecule has 10 heteroatoms. The number of sulfonamides is 1. The van der Waals surface area contributed by atoms with E-state index < -0.39 is 21.8 Å². The molecule has 0 bridgehead atoms. The van der Waals surface area contributed by atoms with E-state index in [9.17, 15) is 18.0 Å². The summed E-state index contributed by atoms with van der Waals surface area (Å²) >= 11 is 6.87. The number of benzene rings is 1. The fourth-order valence-corrected chi connectivity index (χ4v) is 5.60. The Morgan fingerprint density at radius 3 is 2.53 bits per heavy atom. The van der Waals surface area contributed by atoms with Gasteiger partial charge < -0.3 is 0 Å². The van der Waals surface area contributed by atoms with E-state index in [1.54, 1.807) is 30.3 Å². The molecule has 1 aliphatic rings. The molecule has 0 radical (unpaired) electrons. The van der Waals surface area contributed by atoms with E-state index >= 15 is 0 Å². The molecule has 154 valence electrons. The second kappa shape index (κ2) is 8.27. The molecule has 1 aliphatic heterocycles. The monoisotopic (exact) mass is 461 g/mol. The molecule has 3 aromatic rings. The van der Waals surface area contributed by atoms with Crippen molar-refractivity contribution in [2.45, 2.75) is 17.2 Å². The molecule has 1 N–H and O–H groups in total. The van der Waals surface area contributed by atoms with Crippen molar-refractivity contribution in [1.29, 1.82) is 0 Å². The van der Waals surface area contributed by atoms with Gasteiger partial charge in [-0.15, -0.1) is 11.3 Å². The minimum atomic E-state index is -3.69. The molecule has 0 aliphatic carbocycles. The van der Waals surface area contributed by atoms with Crippen LogP contribution in [0.4, 0.5) is 0 Å². The Morgan fingerprint density at radius 1 is 1.03 bits per heavy atom. The molecule has 0 spiro atoms. The third kappa shape index (κ3) is 4.15. The van der Waals surface area contributed by atoms with Crippen LogP contribution in [0.5, 0.6) is 0 Å². The molecule has 3 heterocycles. The van der Waals surface area contributed by atoms with Gasteiger partial charge in [0.25, 0.3) is 11.8 Å². The van der Waals surface area contributed by atoms with Gasteiger partial charge in [-0.3, -0.25) is 19.5 Å². The maximum Gasteiger partial charge on any atom is 0.280 e. The van der Waals surface area contributed by atoms with Crippen LogP contribution in [0.3, 0.4) is 0 Å². The number of rotatable bonds is 7. The lowest BCUT2D eigenvalue weighted by molar-refractivity contribution is 0.0642. The molecular formula is C20H16ClN3O4S2. The number of carbonyl (C=O) groups is 2. The highest BCUT2D eigenvalue weighted by Crippen LogP contribution is 2.27. The quantitative estimate of drug-likeness (QED) is 0.545. The van der Waals surface area contributed by atoms with Crippen molar-refractivity contribution in [3.05, 3.63) is 81.4 Å². The van der Waals surface area contributed by atoms with E-state index in [4.69, 9.17) is 11.6 Å². The zero-order valence-electron chi connectivity index (χ0n) is 15.5. The number of thiophene rings is 1. The highest BCUT2D eigenvalue weighted by atomic mass is 35.5. The number of hydrogen-bond acceptors (Lipinski definition) is 6. The van der Waals surface area contributed by atoms with Crippen molar-refractivity contribution in [3.8, 4) is 0 Å². The lowest BCUT2D eigenvalue weighted by Gasteiger charge is -2.11. The molecule has 4 rings (SSSR count). The first-order valence-corrected chi connectivity index (χ1v) is 11.7. The van der Waals surface area contributed by atoms with E-state index in [2.05, 4.69) is 9.71 Å². The number of halogens is 1. The summed E-state index contributed by atoms with van der Waals surface area (Å²) in [7, 11) is -3.69.